The lowest BCUT2D eigenvalue weighted by Gasteiger charge is -2.29. The van der Waals surface area contributed by atoms with Gasteiger partial charge in [0.25, 0.3) is 5.56 Å². The maximum absolute atomic E-state index is 12.3. The predicted molar refractivity (Wildman–Crippen MR) is 105 cm³/mol. The molecular weight excluding hydrogens is 362 g/mol. The number of nitrogens with one attached hydrogen (secondary N) is 1. The number of hydrogen-bond donors (Lipinski definition) is 1. The van der Waals surface area contributed by atoms with E-state index in [1.807, 2.05) is 6.07 Å². The van der Waals surface area contributed by atoms with E-state index in [-0.39, 0.29) is 10.5 Å². The lowest BCUT2D eigenvalue weighted by Crippen LogP contribution is -3.12. The Hall–Kier alpha value is -1.96. The summed E-state index contributed by atoms with van der Waals surface area (Å²) < 4.78 is 27.3. The maximum Gasteiger partial charge on any atom is 0.254 e. The third-order valence-electron chi connectivity index (χ3n) is 5.31. The molecule has 7 heteroatoms. The molecule has 0 atom stereocenters. The molecule has 0 spiro atoms. The van der Waals surface area contributed by atoms with Crippen LogP contribution in [0.4, 0.5) is 0 Å². The van der Waals surface area contributed by atoms with Gasteiger partial charge in [-0.05, 0) is 36.8 Å². The standard InChI is InChI=1S/C20H27N3O3S/c1-21(2)27(25,26)19-8-9-20(24)23(15-19)16-22-12-10-18(11-13-22)14-17-6-4-3-5-7-17/h3-9,15,18H,10-14,16H2,1-2H3/p+1. The lowest BCUT2D eigenvalue weighted by molar-refractivity contribution is -0.928. The molecule has 1 fully saturated rings. The van der Waals surface area contributed by atoms with E-state index < -0.39 is 10.0 Å². The minimum Gasteiger partial charge on any atom is -0.317 e. The van der Waals surface area contributed by atoms with Crippen LogP contribution < -0.4 is 10.5 Å². The highest BCUT2D eigenvalue weighted by Gasteiger charge is 2.24. The van der Waals surface area contributed by atoms with Crippen LogP contribution in [0.5, 0.6) is 0 Å². The van der Waals surface area contributed by atoms with Crippen molar-refractivity contribution in [2.45, 2.75) is 30.8 Å². The van der Waals surface area contributed by atoms with Crippen LogP contribution >= 0.6 is 0 Å². The average molecular weight is 391 g/mol. The molecule has 3 rings (SSSR count). The summed E-state index contributed by atoms with van der Waals surface area (Å²) in [6.45, 7) is 2.50. The number of hydrogen-bond acceptors (Lipinski definition) is 3. The molecule has 6 nitrogen and oxygen atoms in total. The smallest absolute Gasteiger partial charge is 0.254 e. The van der Waals surface area contributed by atoms with Gasteiger partial charge >= 0.3 is 0 Å². The van der Waals surface area contributed by atoms with Crippen LogP contribution in [0.3, 0.4) is 0 Å². The van der Waals surface area contributed by atoms with Crippen LogP contribution in [-0.2, 0) is 23.1 Å². The van der Waals surface area contributed by atoms with Crippen molar-refractivity contribution in [2.75, 3.05) is 27.2 Å². The fourth-order valence-electron chi connectivity index (χ4n) is 3.63. The number of benzene rings is 1. The number of quaternary nitrogens is 1. The number of pyridine rings is 1. The summed E-state index contributed by atoms with van der Waals surface area (Å²) >= 11 is 0. The maximum atomic E-state index is 12.3. The Balaban J connectivity index is 1.63. The normalized spacial score (nSPS) is 20.7. The first kappa shape index (κ1) is 19.8. The van der Waals surface area contributed by atoms with Crippen LogP contribution in [0, 0.1) is 5.92 Å². The van der Waals surface area contributed by atoms with Crippen molar-refractivity contribution in [3.05, 3.63) is 64.6 Å². The molecule has 2 aromatic rings. The molecule has 0 bridgehead atoms. The molecule has 1 aromatic carbocycles. The minimum atomic E-state index is -3.54. The van der Waals surface area contributed by atoms with Crippen LogP contribution in [0.1, 0.15) is 18.4 Å². The van der Waals surface area contributed by atoms with E-state index in [1.165, 1.54) is 51.8 Å². The molecule has 1 aliphatic rings. The number of likely N-dealkylation sites (tertiary alicyclic amines) is 1. The number of aromatic nitrogens is 1. The summed E-state index contributed by atoms with van der Waals surface area (Å²) in [5.41, 5.74) is 1.22. The Morgan fingerprint density at radius 2 is 1.74 bits per heavy atom. The third-order valence-corrected chi connectivity index (χ3v) is 7.11. The second kappa shape index (κ2) is 8.37. The number of piperidine rings is 1. The van der Waals surface area contributed by atoms with Crippen molar-refractivity contribution in [3.8, 4) is 0 Å². The van der Waals surface area contributed by atoms with Gasteiger partial charge in [0, 0.05) is 26.4 Å². The topological polar surface area (TPSA) is 63.8 Å². The van der Waals surface area contributed by atoms with E-state index in [0.29, 0.717) is 12.6 Å². The van der Waals surface area contributed by atoms with Crippen molar-refractivity contribution in [3.63, 3.8) is 0 Å². The van der Waals surface area contributed by atoms with Gasteiger partial charge in [-0.3, -0.25) is 9.36 Å². The molecule has 1 aliphatic heterocycles. The molecule has 0 radical (unpaired) electrons. The minimum absolute atomic E-state index is 0.158. The highest BCUT2D eigenvalue weighted by molar-refractivity contribution is 7.89. The average Bonchev–Trinajstić information content (AvgIpc) is 2.65. The van der Waals surface area contributed by atoms with E-state index in [1.54, 1.807) is 0 Å². The van der Waals surface area contributed by atoms with E-state index in [2.05, 4.69) is 24.3 Å². The van der Waals surface area contributed by atoms with Crippen LogP contribution in [0.2, 0.25) is 0 Å². The highest BCUT2D eigenvalue weighted by atomic mass is 32.2. The predicted octanol–water partition coefficient (Wildman–Crippen LogP) is 0.594. The van der Waals surface area contributed by atoms with E-state index in [0.717, 1.165) is 32.4 Å². The van der Waals surface area contributed by atoms with E-state index >= 15 is 0 Å². The molecule has 27 heavy (non-hydrogen) atoms. The molecular formula is C20H28N3O3S+. The van der Waals surface area contributed by atoms with Gasteiger partial charge in [0.2, 0.25) is 10.0 Å². The molecule has 0 aliphatic carbocycles. The fourth-order valence-corrected chi connectivity index (χ4v) is 4.55. The molecule has 0 amide bonds. The summed E-state index contributed by atoms with van der Waals surface area (Å²) in [6.07, 6.45) is 4.81. The van der Waals surface area contributed by atoms with Gasteiger partial charge in [-0.1, -0.05) is 30.3 Å². The Kier molecular flexibility index (Phi) is 6.14. The third kappa shape index (κ3) is 4.86. The van der Waals surface area contributed by atoms with Gasteiger partial charge in [-0.25, -0.2) is 12.7 Å². The first-order valence-electron chi connectivity index (χ1n) is 9.37. The van der Waals surface area contributed by atoms with E-state index in [4.69, 9.17) is 0 Å². The quantitative estimate of drug-likeness (QED) is 0.785. The molecule has 0 unspecified atom stereocenters. The number of rotatable bonds is 6. The van der Waals surface area contributed by atoms with Crippen LogP contribution in [0.25, 0.3) is 0 Å². The van der Waals surface area contributed by atoms with Crippen molar-refractivity contribution < 1.29 is 13.3 Å². The summed E-state index contributed by atoms with van der Waals surface area (Å²) in [5.74, 6) is 0.674. The Morgan fingerprint density at radius 3 is 2.37 bits per heavy atom. The van der Waals surface area contributed by atoms with Crippen molar-refractivity contribution in [1.29, 1.82) is 0 Å². The Labute approximate surface area is 161 Å². The fraction of sp³-hybridized carbons (Fsp3) is 0.450. The van der Waals surface area contributed by atoms with Gasteiger partial charge in [0.05, 0.1) is 18.0 Å². The zero-order chi connectivity index (χ0) is 19.4. The van der Waals surface area contributed by atoms with Crippen molar-refractivity contribution >= 4 is 10.0 Å². The second-order valence-corrected chi connectivity index (χ2v) is 9.65. The zero-order valence-electron chi connectivity index (χ0n) is 16.0. The molecule has 2 heterocycles. The monoisotopic (exact) mass is 390 g/mol. The molecule has 146 valence electrons. The largest absolute Gasteiger partial charge is 0.317 e. The van der Waals surface area contributed by atoms with Crippen LogP contribution in [-0.4, -0.2) is 44.5 Å². The second-order valence-electron chi connectivity index (χ2n) is 7.50. The summed E-state index contributed by atoms with van der Waals surface area (Å²) in [7, 11) is -0.549. The molecule has 1 aromatic heterocycles. The van der Waals surface area contributed by atoms with Crippen molar-refractivity contribution in [2.24, 2.45) is 5.92 Å². The highest BCUT2D eigenvalue weighted by Crippen LogP contribution is 2.16. The first-order valence-corrected chi connectivity index (χ1v) is 10.8. The summed E-state index contributed by atoms with van der Waals surface area (Å²) in [5, 5.41) is 0. The molecule has 1 saturated heterocycles. The summed E-state index contributed by atoms with van der Waals surface area (Å²) in [4.78, 5) is 13.7. The van der Waals surface area contributed by atoms with Gasteiger partial charge in [-0.15, -0.1) is 0 Å². The first-order chi connectivity index (χ1) is 12.9. The van der Waals surface area contributed by atoms with Gasteiger partial charge in [-0.2, -0.15) is 0 Å². The number of nitrogens with zero attached hydrogens (tertiary/aromatic N) is 2. The van der Waals surface area contributed by atoms with Crippen molar-refractivity contribution in [1.82, 2.24) is 8.87 Å². The van der Waals surface area contributed by atoms with Gasteiger partial charge < -0.3 is 4.90 Å². The molecule has 1 N–H and O–H groups in total. The van der Waals surface area contributed by atoms with E-state index in [9.17, 15) is 13.2 Å². The zero-order valence-corrected chi connectivity index (χ0v) is 16.8. The van der Waals surface area contributed by atoms with Crippen LogP contribution in [0.15, 0.2) is 58.4 Å². The van der Waals surface area contributed by atoms with Gasteiger partial charge in [0.1, 0.15) is 0 Å². The van der Waals surface area contributed by atoms with Gasteiger partial charge in [0.15, 0.2) is 6.67 Å². The molecule has 0 saturated carbocycles. The summed E-state index contributed by atoms with van der Waals surface area (Å²) in [6, 6.07) is 13.3. The lowest BCUT2D eigenvalue weighted by atomic mass is 9.90. The number of sulfonamides is 1. The Bertz CT molecular complexity index is 915. The Morgan fingerprint density at radius 1 is 1.07 bits per heavy atom. The SMILES string of the molecule is CN(C)S(=O)(=O)c1ccc(=O)n(C[NH+]2CCC(Cc3ccccc3)CC2)c1.